The molecule has 0 heterocycles. The van der Waals surface area contributed by atoms with E-state index in [2.05, 4.69) is 4.99 Å². The molecule has 0 saturated carbocycles. The Hall–Kier alpha value is -0.830. The van der Waals surface area contributed by atoms with Crippen LogP contribution in [0.3, 0.4) is 0 Å². The van der Waals surface area contributed by atoms with Crippen molar-refractivity contribution in [3.05, 3.63) is 11.1 Å². The summed E-state index contributed by atoms with van der Waals surface area (Å²) in [5.74, 6) is 0.706. The monoisotopic (exact) mass is 185 g/mol. The molecule has 0 atom stereocenters. The summed E-state index contributed by atoms with van der Waals surface area (Å²) in [6, 6.07) is 0. The van der Waals surface area contributed by atoms with Crippen molar-refractivity contribution in [2.45, 2.75) is 20.8 Å². The van der Waals surface area contributed by atoms with Gasteiger partial charge in [0.1, 0.15) is 6.61 Å². The third-order valence-corrected chi connectivity index (χ3v) is 1.80. The topological polar surface area (TPSA) is 30.8 Å². The Labute approximate surface area is 80.5 Å². The molecule has 0 aromatic heterocycles. The first-order valence-electron chi connectivity index (χ1n) is 4.36. The minimum absolute atomic E-state index is 0.549. The number of hydrogen-bond acceptors (Lipinski definition) is 3. The van der Waals surface area contributed by atoms with Gasteiger partial charge in [-0.15, -0.1) is 0 Å². The van der Waals surface area contributed by atoms with E-state index in [0.717, 1.165) is 5.57 Å². The Morgan fingerprint density at radius 1 is 1.15 bits per heavy atom. The highest BCUT2D eigenvalue weighted by atomic mass is 16.5. The number of aliphatic imine (C=N–C) groups is 1. The molecule has 0 amide bonds. The zero-order valence-corrected chi connectivity index (χ0v) is 9.18. The van der Waals surface area contributed by atoms with Crippen molar-refractivity contribution in [1.82, 2.24) is 0 Å². The molecule has 0 rings (SSSR count). The fourth-order valence-electron chi connectivity index (χ4n) is 0.776. The van der Waals surface area contributed by atoms with Crippen LogP contribution in [-0.4, -0.2) is 33.3 Å². The third-order valence-electron chi connectivity index (χ3n) is 1.80. The van der Waals surface area contributed by atoms with E-state index in [0.29, 0.717) is 19.1 Å². The molecule has 3 heteroatoms. The molecule has 0 spiro atoms. The van der Waals surface area contributed by atoms with Crippen LogP contribution in [0.25, 0.3) is 0 Å². The van der Waals surface area contributed by atoms with Crippen molar-refractivity contribution in [2.75, 3.05) is 27.4 Å². The zero-order valence-electron chi connectivity index (χ0n) is 9.18. The summed E-state index contributed by atoms with van der Waals surface area (Å²) in [5, 5.41) is 0. The highest BCUT2D eigenvalue weighted by Gasteiger charge is 2.03. The molecule has 0 aliphatic heterocycles. The molecule has 76 valence electrons. The molecule has 13 heavy (non-hydrogen) atoms. The van der Waals surface area contributed by atoms with Crippen molar-refractivity contribution >= 4 is 5.90 Å². The second-order valence-corrected chi connectivity index (χ2v) is 3.00. The summed E-state index contributed by atoms with van der Waals surface area (Å²) in [6.07, 6.45) is 0. The summed E-state index contributed by atoms with van der Waals surface area (Å²) in [7, 11) is 3.38. The van der Waals surface area contributed by atoms with Gasteiger partial charge in [-0.2, -0.15) is 0 Å². The van der Waals surface area contributed by atoms with Crippen LogP contribution in [0.5, 0.6) is 0 Å². The maximum Gasteiger partial charge on any atom is 0.211 e. The van der Waals surface area contributed by atoms with Gasteiger partial charge in [-0.3, -0.25) is 4.99 Å². The first-order chi connectivity index (χ1) is 6.13. The molecule has 0 aliphatic carbocycles. The highest BCUT2D eigenvalue weighted by molar-refractivity contribution is 5.93. The van der Waals surface area contributed by atoms with Crippen molar-refractivity contribution < 1.29 is 9.47 Å². The number of rotatable bonds is 4. The summed E-state index contributed by atoms with van der Waals surface area (Å²) in [5.41, 5.74) is 2.32. The van der Waals surface area contributed by atoms with Gasteiger partial charge in [-0.05, 0) is 20.8 Å². The van der Waals surface area contributed by atoms with Crippen molar-refractivity contribution in [3.63, 3.8) is 0 Å². The molecule has 0 N–H and O–H groups in total. The quantitative estimate of drug-likeness (QED) is 0.381. The minimum atomic E-state index is 0.549. The lowest BCUT2D eigenvalue weighted by molar-refractivity contribution is 0.141. The summed E-state index contributed by atoms with van der Waals surface area (Å²) >= 11 is 0. The molecule has 0 aromatic rings. The lowest BCUT2D eigenvalue weighted by Gasteiger charge is -2.09. The van der Waals surface area contributed by atoms with Crippen molar-refractivity contribution in [3.8, 4) is 0 Å². The molecule has 0 aliphatic rings. The first kappa shape index (κ1) is 12.2. The Kier molecular flexibility index (Phi) is 6.24. The van der Waals surface area contributed by atoms with E-state index in [1.165, 1.54) is 5.57 Å². The van der Waals surface area contributed by atoms with Crippen LogP contribution >= 0.6 is 0 Å². The van der Waals surface area contributed by atoms with Crippen molar-refractivity contribution in [1.29, 1.82) is 0 Å². The molecule has 0 aromatic carbocycles. The Morgan fingerprint density at radius 2 is 1.77 bits per heavy atom. The van der Waals surface area contributed by atoms with Gasteiger partial charge < -0.3 is 9.47 Å². The zero-order chi connectivity index (χ0) is 10.3. The molecule has 0 saturated heterocycles. The Balaban J connectivity index is 4.14. The van der Waals surface area contributed by atoms with E-state index >= 15 is 0 Å². The molecular weight excluding hydrogens is 166 g/mol. The largest absolute Gasteiger partial charge is 0.475 e. The number of methoxy groups -OCH3 is 1. The highest BCUT2D eigenvalue weighted by Crippen LogP contribution is 2.05. The number of hydrogen-bond donors (Lipinski definition) is 0. The SMILES string of the molecule is CN=C(OCCOC)C(C)=C(C)C. The van der Waals surface area contributed by atoms with Gasteiger partial charge in [-0.25, -0.2) is 0 Å². The number of allylic oxidation sites excluding steroid dienone is 1. The summed E-state index contributed by atoms with van der Waals surface area (Å²) in [4.78, 5) is 4.06. The fraction of sp³-hybridized carbons (Fsp3) is 0.700. The van der Waals surface area contributed by atoms with Crippen LogP contribution in [0.4, 0.5) is 0 Å². The van der Waals surface area contributed by atoms with Gasteiger partial charge in [0.05, 0.1) is 6.61 Å². The lowest BCUT2D eigenvalue weighted by Crippen LogP contribution is -2.11. The molecule has 3 nitrogen and oxygen atoms in total. The first-order valence-corrected chi connectivity index (χ1v) is 4.36. The van der Waals surface area contributed by atoms with Gasteiger partial charge in [0, 0.05) is 19.7 Å². The average molecular weight is 185 g/mol. The van der Waals surface area contributed by atoms with E-state index in [1.54, 1.807) is 14.2 Å². The maximum absolute atomic E-state index is 5.42. The van der Waals surface area contributed by atoms with E-state index in [4.69, 9.17) is 9.47 Å². The second kappa shape index (κ2) is 6.66. The Morgan fingerprint density at radius 3 is 2.15 bits per heavy atom. The van der Waals surface area contributed by atoms with Gasteiger partial charge in [0.2, 0.25) is 5.90 Å². The fourth-order valence-corrected chi connectivity index (χ4v) is 0.776. The minimum Gasteiger partial charge on any atom is -0.475 e. The van der Waals surface area contributed by atoms with E-state index in [1.807, 2.05) is 20.8 Å². The maximum atomic E-state index is 5.42. The Bertz CT molecular complexity index is 203. The van der Waals surface area contributed by atoms with E-state index in [9.17, 15) is 0 Å². The number of ether oxygens (including phenoxy) is 2. The second-order valence-electron chi connectivity index (χ2n) is 3.00. The van der Waals surface area contributed by atoms with Crippen LogP contribution in [0.15, 0.2) is 16.1 Å². The summed E-state index contributed by atoms with van der Waals surface area (Å²) in [6.45, 7) is 7.23. The van der Waals surface area contributed by atoms with Gasteiger partial charge in [0.15, 0.2) is 0 Å². The smallest absolute Gasteiger partial charge is 0.211 e. The molecular formula is C10H19NO2. The van der Waals surface area contributed by atoms with Crippen LogP contribution in [0.1, 0.15) is 20.8 Å². The standard InChI is InChI=1S/C10H19NO2/c1-8(2)9(3)10(11-4)13-7-6-12-5/h6-7H2,1-5H3. The average Bonchev–Trinajstić information content (AvgIpc) is 2.11. The predicted molar refractivity (Wildman–Crippen MR) is 55.2 cm³/mol. The van der Waals surface area contributed by atoms with Gasteiger partial charge in [0.25, 0.3) is 0 Å². The summed E-state index contributed by atoms with van der Waals surface area (Å²) < 4.78 is 10.3. The normalized spacial score (nSPS) is 11.3. The van der Waals surface area contributed by atoms with E-state index < -0.39 is 0 Å². The van der Waals surface area contributed by atoms with Gasteiger partial charge in [-0.1, -0.05) is 5.57 Å². The van der Waals surface area contributed by atoms with Crippen LogP contribution < -0.4 is 0 Å². The van der Waals surface area contributed by atoms with Crippen LogP contribution in [0, 0.1) is 0 Å². The molecule has 0 radical (unpaired) electrons. The lowest BCUT2D eigenvalue weighted by atomic mass is 10.2. The van der Waals surface area contributed by atoms with Crippen LogP contribution in [0.2, 0.25) is 0 Å². The molecule has 0 unspecified atom stereocenters. The molecule has 0 fully saturated rings. The van der Waals surface area contributed by atoms with E-state index in [-0.39, 0.29) is 0 Å². The number of nitrogens with zero attached hydrogens (tertiary/aromatic N) is 1. The predicted octanol–water partition coefficient (Wildman–Crippen LogP) is 2.03. The van der Waals surface area contributed by atoms with Crippen LogP contribution in [-0.2, 0) is 9.47 Å². The van der Waals surface area contributed by atoms with Gasteiger partial charge >= 0.3 is 0 Å². The molecule has 0 bridgehead atoms. The van der Waals surface area contributed by atoms with Crippen molar-refractivity contribution in [2.24, 2.45) is 4.99 Å². The third kappa shape index (κ3) is 4.68.